The molecule has 1 rings (SSSR count). The fourth-order valence-corrected chi connectivity index (χ4v) is 1.99. The highest BCUT2D eigenvalue weighted by Gasteiger charge is 2.10. The molecular formula is C17H28O3. The second-order valence-corrected chi connectivity index (χ2v) is 5.16. The van der Waals surface area contributed by atoms with Crippen molar-refractivity contribution >= 4 is 0 Å². The summed E-state index contributed by atoms with van der Waals surface area (Å²) in [5, 5.41) is 9.84. The summed E-state index contributed by atoms with van der Waals surface area (Å²) in [6.07, 6.45) is 4.42. The molecule has 0 aliphatic heterocycles. The van der Waals surface area contributed by atoms with Gasteiger partial charge in [0.25, 0.3) is 0 Å². The smallest absolute Gasteiger partial charge is 0.118 e. The highest BCUT2D eigenvalue weighted by Crippen LogP contribution is 2.25. The van der Waals surface area contributed by atoms with Crippen molar-refractivity contribution in [3.05, 3.63) is 28.8 Å². The molecule has 0 bridgehead atoms. The Morgan fingerprint density at radius 2 is 1.55 bits per heavy atom. The molecule has 0 saturated carbocycles. The third-order valence-corrected chi connectivity index (χ3v) is 3.46. The zero-order chi connectivity index (χ0) is 14.8. The van der Waals surface area contributed by atoms with Gasteiger partial charge in [0.2, 0.25) is 0 Å². The van der Waals surface area contributed by atoms with Gasteiger partial charge in [0.15, 0.2) is 0 Å². The van der Waals surface area contributed by atoms with Crippen molar-refractivity contribution in [3.8, 4) is 5.75 Å². The lowest BCUT2D eigenvalue weighted by Crippen LogP contribution is -2.04. The summed E-state index contributed by atoms with van der Waals surface area (Å²) in [6, 6.07) is 3.68. The summed E-state index contributed by atoms with van der Waals surface area (Å²) in [5.74, 6) is 0.330. The lowest BCUT2D eigenvalue weighted by atomic mass is 10.0. The van der Waals surface area contributed by atoms with Crippen LogP contribution in [0.25, 0.3) is 0 Å². The van der Waals surface area contributed by atoms with Crippen LogP contribution in [0.2, 0.25) is 0 Å². The number of phenolic OH excluding ortho intramolecular Hbond substituents is 1. The maximum atomic E-state index is 9.84. The third-order valence-electron chi connectivity index (χ3n) is 3.46. The molecule has 0 fully saturated rings. The summed E-state index contributed by atoms with van der Waals surface area (Å²) in [5.41, 5.74) is 3.09. The number of unbranched alkanes of at least 4 members (excludes halogenated alkanes) is 2. The second kappa shape index (κ2) is 9.78. The van der Waals surface area contributed by atoms with Gasteiger partial charge in [-0.15, -0.1) is 0 Å². The summed E-state index contributed by atoms with van der Waals surface area (Å²) in [4.78, 5) is 0. The van der Waals surface area contributed by atoms with Crippen LogP contribution in [0.5, 0.6) is 5.75 Å². The van der Waals surface area contributed by atoms with Crippen LogP contribution in [0.1, 0.15) is 56.2 Å². The van der Waals surface area contributed by atoms with Crippen molar-refractivity contribution in [1.29, 1.82) is 0 Å². The molecule has 114 valence electrons. The summed E-state index contributed by atoms with van der Waals surface area (Å²) < 4.78 is 11.4. The number of aromatic hydroxyl groups is 1. The van der Waals surface area contributed by atoms with E-state index in [1.807, 2.05) is 13.0 Å². The Morgan fingerprint density at radius 1 is 0.950 bits per heavy atom. The van der Waals surface area contributed by atoms with Crippen LogP contribution >= 0.6 is 0 Å². The third kappa shape index (κ3) is 5.51. The van der Waals surface area contributed by atoms with Crippen molar-refractivity contribution in [1.82, 2.24) is 0 Å². The number of phenols is 1. The van der Waals surface area contributed by atoms with E-state index in [2.05, 4.69) is 13.8 Å². The van der Waals surface area contributed by atoms with E-state index in [0.717, 1.165) is 55.6 Å². The largest absolute Gasteiger partial charge is 0.508 e. The molecule has 3 heteroatoms. The van der Waals surface area contributed by atoms with Gasteiger partial charge in [-0.25, -0.2) is 0 Å². The van der Waals surface area contributed by atoms with Gasteiger partial charge in [0.05, 0.1) is 13.2 Å². The Labute approximate surface area is 122 Å². The van der Waals surface area contributed by atoms with Crippen LogP contribution in [-0.2, 0) is 22.7 Å². The maximum absolute atomic E-state index is 9.84. The zero-order valence-electron chi connectivity index (χ0n) is 13.1. The van der Waals surface area contributed by atoms with E-state index in [-0.39, 0.29) is 0 Å². The minimum Gasteiger partial charge on any atom is -0.508 e. The van der Waals surface area contributed by atoms with E-state index in [0.29, 0.717) is 19.0 Å². The van der Waals surface area contributed by atoms with Gasteiger partial charge in [0.1, 0.15) is 5.75 Å². The predicted molar refractivity (Wildman–Crippen MR) is 82.0 cm³/mol. The van der Waals surface area contributed by atoms with Gasteiger partial charge in [-0.2, -0.15) is 0 Å². The minimum absolute atomic E-state index is 0.330. The average Bonchev–Trinajstić information content (AvgIpc) is 2.45. The maximum Gasteiger partial charge on any atom is 0.118 e. The van der Waals surface area contributed by atoms with E-state index < -0.39 is 0 Å². The minimum atomic E-state index is 0.330. The zero-order valence-corrected chi connectivity index (χ0v) is 13.1. The molecule has 0 radical (unpaired) electrons. The lowest BCUT2D eigenvalue weighted by Gasteiger charge is -2.14. The molecule has 0 aliphatic carbocycles. The fraction of sp³-hybridized carbons (Fsp3) is 0.647. The average molecular weight is 280 g/mol. The quantitative estimate of drug-likeness (QED) is 0.648. The van der Waals surface area contributed by atoms with Crippen molar-refractivity contribution in [2.75, 3.05) is 13.2 Å². The summed E-state index contributed by atoms with van der Waals surface area (Å²) >= 11 is 0. The molecule has 1 aromatic rings. The Balaban J connectivity index is 2.64. The van der Waals surface area contributed by atoms with Crippen molar-refractivity contribution < 1.29 is 14.6 Å². The second-order valence-electron chi connectivity index (χ2n) is 5.16. The van der Waals surface area contributed by atoms with E-state index in [1.165, 1.54) is 0 Å². The van der Waals surface area contributed by atoms with Crippen molar-refractivity contribution in [2.45, 2.75) is 59.7 Å². The Hall–Kier alpha value is -1.06. The first-order valence-electron chi connectivity index (χ1n) is 7.66. The normalized spacial score (nSPS) is 10.9. The first kappa shape index (κ1) is 17.0. The van der Waals surface area contributed by atoms with Gasteiger partial charge in [-0.3, -0.25) is 0 Å². The predicted octanol–water partition coefficient (Wildman–Crippen LogP) is 4.33. The van der Waals surface area contributed by atoms with Crippen LogP contribution in [-0.4, -0.2) is 18.3 Å². The summed E-state index contributed by atoms with van der Waals surface area (Å²) in [7, 11) is 0. The number of benzene rings is 1. The molecule has 1 N–H and O–H groups in total. The highest BCUT2D eigenvalue weighted by atomic mass is 16.5. The molecule has 0 saturated heterocycles. The topological polar surface area (TPSA) is 38.7 Å². The molecule has 0 spiro atoms. The van der Waals surface area contributed by atoms with Gasteiger partial charge in [-0.05, 0) is 42.5 Å². The number of rotatable bonds is 10. The molecule has 0 aliphatic rings. The fourth-order valence-electron chi connectivity index (χ4n) is 1.99. The van der Waals surface area contributed by atoms with Crippen molar-refractivity contribution in [2.24, 2.45) is 0 Å². The summed E-state index contributed by atoms with van der Waals surface area (Å²) in [6.45, 7) is 8.93. The van der Waals surface area contributed by atoms with Crippen LogP contribution < -0.4 is 0 Å². The van der Waals surface area contributed by atoms with E-state index >= 15 is 0 Å². The molecule has 0 atom stereocenters. The molecule has 0 unspecified atom stereocenters. The van der Waals surface area contributed by atoms with Crippen molar-refractivity contribution in [3.63, 3.8) is 0 Å². The molecular weight excluding hydrogens is 252 g/mol. The Morgan fingerprint density at radius 3 is 2.15 bits per heavy atom. The molecule has 3 nitrogen and oxygen atoms in total. The molecule has 0 amide bonds. The number of hydrogen-bond donors (Lipinski definition) is 1. The van der Waals surface area contributed by atoms with Crippen LogP contribution in [0.15, 0.2) is 12.1 Å². The Kier molecular flexibility index (Phi) is 8.31. The van der Waals surface area contributed by atoms with Gasteiger partial charge >= 0.3 is 0 Å². The monoisotopic (exact) mass is 280 g/mol. The van der Waals surface area contributed by atoms with E-state index in [1.54, 1.807) is 6.07 Å². The number of hydrogen-bond acceptors (Lipinski definition) is 3. The van der Waals surface area contributed by atoms with E-state index in [4.69, 9.17) is 9.47 Å². The van der Waals surface area contributed by atoms with Crippen LogP contribution in [0.3, 0.4) is 0 Å². The van der Waals surface area contributed by atoms with Crippen LogP contribution in [0.4, 0.5) is 0 Å². The SMILES string of the molecule is CCCCOCc1ccc(O)c(C)c1COCCCC. The van der Waals surface area contributed by atoms with E-state index in [9.17, 15) is 5.11 Å². The van der Waals surface area contributed by atoms with Gasteiger partial charge in [-0.1, -0.05) is 32.8 Å². The molecule has 1 aromatic carbocycles. The molecule has 20 heavy (non-hydrogen) atoms. The standard InChI is InChI=1S/C17H28O3/c1-4-6-10-19-12-15-8-9-17(18)14(3)16(15)13-20-11-7-5-2/h8-9,18H,4-7,10-13H2,1-3H3. The molecule has 0 aromatic heterocycles. The Bertz CT molecular complexity index is 388. The van der Waals surface area contributed by atoms with Gasteiger partial charge < -0.3 is 14.6 Å². The first-order valence-corrected chi connectivity index (χ1v) is 7.66. The molecule has 0 heterocycles. The highest BCUT2D eigenvalue weighted by molar-refractivity contribution is 5.43. The van der Waals surface area contributed by atoms with Crippen LogP contribution in [0, 0.1) is 6.92 Å². The van der Waals surface area contributed by atoms with Gasteiger partial charge in [0, 0.05) is 13.2 Å². The lowest BCUT2D eigenvalue weighted by molar-refractivity contribution is 0.104. The number of ether oxygens (including phenoxy) is 2. The first-order chi connectivity index (χ1) is 9.70.